The highest BCUT2D eigenvalue weighted by molar-refractivity contribution is 7.99. The predicted molar refractivity (Wildman–Crippen MR) is 119 cm³/mol. The van der Waals surface area contributed by atoms with E-state index in [2.05, 4.69) is 25.5 Å². The average Bonchev–Trinajstić information content (AvgIpc) is 3.13. The van der Waals surface area contributed by atoms with Crippen molar-refractivity contribution in [3.05, 3.63) is 34.2 Å². The molecule has 2 aromatic rings. The van der Waals surface area contributed by atoms with E-state index in [0.717, 1.165) is 4.90 Å². The first-order valence-electron chi connectivity index (χ1n) is 8.83. The van der Waals surface area contributed by atoms with Gasteiger partial charge in [0.25, 0.3) is 0 Å². The van der Waals surface area contributed by atoms with Crippen molar-refractivity contribution in [2.45, 2.75) is 24.2 Å². The third-order valence-corrected chi connectivity index (χ3v) is 7.52. The SMILES string of the molecule is CCCS(=O)(=O)Nc1ccc(Cl)c(NC(=O)C2CSc3c(NOC)ncnc32)c1Cl. The number of nitrogens with zero attached hydrogens (tertiary/aromatic N) is 2. The van der Waals surface area contributed by atoms with Crippen LogP contribution in [0.5, 0.6) is 0 Å². The normalized spacial score (nSPS) is 15.5. The van der Waals surface area contributed by atoms with E-state index in [1.807, 2.05) is 0 Å². The predicted octanol–water partition coefficient (Wildman–Crippen LogP) is 3.74. The number of carbonyl (C=O) groups is 1. The Hall–Kier alpha value is -1.79. The second-order valence-electron chi connectivity index (χ2n) is 6.30. The Kier molecular flexibility index (Phi) is 7.30. The molecule has 3 rings (SSSR count). The molecule has 13 heteroatoms. The van der Waals surface area contributed by atoms with Gasteiger partial charge in [-0.05, 0) is 18.6 Å². The van der Waals surface area contributed by atoms with E-state index in [4.69, 9.17) is 28.0 Å². The first kappa shape index (κ1) is 22.9. The molecule has 1 aromatic carbocycles. The van der Waals surface area contributed by atoms with Crippen molar-refractivity contribution in [3.63, 3.8) is 0 Å². The van der Waals surface area contributed by atoms with Crippen molar-refractivity contribution >= 4 is 68.1 Å². The highest BCUT2D eigenvalue weighted by Crippen LogP contribution is 2.43. The maximum Gasteiger partial charge on any atom is 0.234 e. The molecule has 1 unspecified atom stereocenters. The van der Waals surface area contributed by atoms with Crippen LogP contribution in [0.25, 0.3) is 0 Å². The summed E-state index contributed by atoms with van der Waals surface area (Å²) in [4.78, 5) is 26.9. The van der Waals surface area contributed by atoms with Gasteiger partial charge in [-0.1, -0.05) is 30.1 Å². The van der Waals surface area contributed by atoms with Crippen LogP contribution in [-0.4, -0.2) is 42.9 Å². The van der Waals surface area contributed by atoms with Crippen molar-refractivity contribution < 1.29 is 18.0 Å². The van der Waals surface area contributed by atoms with E-state index in [1.54, 1.807) is 6.92 Å². The Morgan fingerprint density at radius 3 is 2.80 bits per heavy atom. The number of rotatable bonds is 8. The van der Waals surface area contributed by atoms with E-state index in [0.29, 0.717) is 23.7 Å². The molecule has 3 N–H and O–H groups in total. The molecule has 2 heterocycles. The lowest BCUT2D eigenvalue weighted by Crippen LogP contribution is -2.23. The molecule has 0 saturated heterocycles. The van der Waals surface area contributed by atoms with E-state index in [-0.39, 0.29) is 33.1 Å². The molecule has 30 heavy (non-hydrogen) atoms. The number of amides is 1. The molecule has 9 nitrogen and oxygen atoms in total. The van der Waals surface area contributed by atoms with Crippen molar-refractivity contribution in [3.8, 4) is 0 Å². The monoisotopic (exact) mass is 491 g/mol. The van der Waals surface area contributed by atoms with Gasteiger partial charge >= 0.3 is 0 Å². The molecule has 1 aliphatic heterocycles. The molecule has 1 atom stereocenters. The Morgan fingerprint density at radius 2 is 2.10 bits per heavy atom. The van der Waals surface area contributed by atoms with Crippen LogP contribution in [0.3, 0.4) is 0 Å². The summed E-state index contributed by atoms with van der Waals surface area (Å²) in [5.41, 5.74) is 3.48. The van der Waals surface area contributed by atoms with Gasteiger partial charge in [-0.25, -0.2) is 23.9 Å². The Morgan fingerprint density at radius 1 is 1.33 bits per heavy atom. The number of benzene rings is 1. The average molecular weight is 492 g/mol. The van der Waals surface area contributed by atoms with Gasteiger partial charge in [-0.2, -0.15) is 0 Å². The number of hydrogen-bond acceptors (Lipinski definition) is 8. The number of aromatic nitrogens is 2. The molecular formula is C17H19Cl2N5O4S2. The first-order chi connectivity index (χ1) is 14.3. The van der Waals surface area contributed by atoms with Crippen LogP contribution in [0.1, 0.15) is 25.0 Å². The Balaban J connectivity index is 1.85. The van der Waals surface area contributed by atoms with Gasteiger partial charge in [0.1, 0.15) is 6.33 Å². The molecule has 0 aliphatic carbocycles. The second-order valence-corrected chi connectivity index (χ2v) is 9.96. The topological polar surface area (TPSA) is 122 Å². The molecule has 1 amide bonds. The molecule has 0 fully saturated rings. The molecule has 0 spiro atoms. The van der Waals surface area contributed by atoms with E-state index < -0.39 is 15.9 Å². The van der Waals surface area contributed by atoms with Crippen molar-refractivity contribution in [1.82, 2.24) is 9.97 Å². The molecule has 0 saturated carbocycles. The maximum absolute atomic E-state index is 13.0. The Labute approximate surface area is 188 Å². The van der Waals surface area contributed by atoms with Crippen molar-refractivity contribution in [1.29, 1.82) is 0 Å². The summed E-state index contributed by atoms with van der Waals surface area (Å²) in [6.45, 7) is 1.75. The van der Waals surface area contributed by atoms with Crippen LogP contribution in [0.4, 0.5) is 17.2 Å². The largest absolute Gasteiger partial charge is 0.323 e. The third-order valence-electron chi connectivity index (χ3n) is 4.15. The number of fused-ring (bicyclic) bond motifs is 1. The van der Waals surface area contributed by atoms with Crippen LogP contribution in [0, 0.1) is 0 Å². The number of anilines is 3. The van der Waals surface area contributed by atoms with Crippen LogP contribution in [0.2, 0.25) is 10.0 Å². The molecule has 0 radical (unpaired) electrons. The second kappa shape index (κ2) is 9.56. The van der Waals surface area contributed by atoms with Crippen LogP contribution in [0.15, 0.2) is 23.4 Å². The number of hydrogen-bond donors (Lipinski definition) is 3. The molecule has 162 valence electrons. The van der Waals surface area contributed by atoms with E-state index in [1.165, 1.54) is 37.3 Å². The van der Waals surface area contributed by atoms with Crippen molar-refractivity contribution in [2.75, 3.05) is 34.1 Å². The maximum atomic E-state index is 13.0. The number of sulfonamides is 1. The summed E-state index contributed by atoms with van der Waals surface area (Å²) in [5, 5.41) is 2.90. The lowest BCUT2D eigenvalue weighted by Gasteiger charge is -2.16. The molecular weight excluding hydrogens is 473 g/mol. The fourth-order valence-corrected chi connectivity index (χ4v) is 5.77. The fourth-order valence-electron chi connectivity index (χ4n) is 2.84. The first-order valence-corrected chi connectivity index (χ1v) is 12.2. The van der Waals surface area contributed by atoms with Gasteiger partial charge in [0, 0.05) is 5.75 Å². The highest BCUT2D eigenvalue weighted by Gasteiger charge is 2.34. The van der Waals surface area contributed by atoms with Gasteiger partial charge in [-0.3, -0.25) is 14.4 Å². The summed E-state index contributed by atoms with van der Waals surface area (Å²) >= 11 is 14.0. The highest BCUT2D eigenvalue weighted by atomic mass is 35.5. The fraction of sp³-hybridized carbons (Fsp3) is 0.353. The number of nitrogens with one attached hydrogen (secondary N) is 3. The number of carbonyl (C=O) groups excluding carboxylic acids is 1. The molecule has 1 aliphatic rings. The van der Waals surface area contributed by atoms with Gasteiger partial charge < -0.3 is 5.32 Å². The third kappa shape index (κ3) is 4.92. The summed E-state index contributed by atoms with van der Waals surface area (Å²) < 4.78 is 26.6. The summed E-state index contributed by atoms with van der Waals surface area (Å²) in [5.74, 6) is -0.0812. The molecule has 1 aromatic heterocycles. The van der Waals surface area contributed by atoms with Gasteiger partial charge in [0.05, 0.1) is 50.8 Å². The van der Waals surface area contributed by atoms with Crippen LogP contribution >= 0.6 is 35.0 Å². The zero-order chi connectivity index (χ0) is 21.9. The van der Waals surface area contributed by atoms with Crippen LogP contribution in [-0.2, 0) is 19.7 Å². The minimum atomic E-state index is -3.56. The lowest BCUT2D eigenvalue weighted by molar-refractivity contribution is -0.117. The smallest absolute Gasteiger partial charge is 0.234 e. The van der Waals surface area contributed by atoms with E-state index in [9.17, 15) is 13.2 Å². The zero-order valence-corrected chi connectivity index (χ0v) is 19.2. The number of thioether (sulfide) groups is 1. The van der Waals surface area contributed by atoms with Gasteiger partial charge in [0.2, 0.25) is 15.9 Å². The van der Waals surface area contributed by atoms with Crippen LogP contribution < -0.4 is 15.5 Å². The van der Waals surface area contributed by atoms with Gasteiger partial charge in [-0.15, -0.1) is 11.8 Å². The zero-order valence-electron chi connectivity index (χ0n) is 16.0. The van der Waals surface area contributed by atoms with Gasteiger partial charge in [0.15, 0.2) is 5.82 Å². The minimum Gasteiger partial charge on any atom is -0.323 e. The lowest BCUT2D eigenvalue weighted by atomic mass is 10.1. The summed E-state index contributed by atoms with van der Waals surface area (Å²) in [7, 11) is -2.10. The molecule has 0 bridgehead atoms. The minimum absolute atomic E-state index is 0.00540. The van der Waals surface area contributed by atoms with E-state index >= 15 is 0 Å². The standard InChI is InChI=1S/C17H19Cl2N5O4S2/c1-3-6-30(26,27)24-11-5-4-10(18)14(12(11)19)22-17(25)9-7-29-15-13(9)20-8-21-16(15)23-28-2/h4-5,8-9,24H,3,6-7H2,1-2H3,(H,22,25)(H,20,21,23). The Bertz CT molecular complexity index is 1070. The van der Waals surface area contributed by atoms with Crippen molar-refractivity contribution in [2.24, 2.45) is 0 Å². The summed E-state index contributed by atoms with van der Waals surface area (Å²) in [6.07, 6.45) is 1.79. The summed E-state index contributed by atoms with van der Waals surface area (Å²) in [6, 6.07) is 2.91. The number of halogens is 2. The quantitative estimate of drug-likeness (QED) is 0.477.